The van der Waals surface area contributed by atoms with Crippen molar-refractivity contribution in [1.29, 1.82) is 0 Å². The zero-order valence-corrected chi connectivity index (χ0v) is 20.5. The van der Waals surface area contributed by atoms with Crippen LogP contribution in [-0.2, 0) is 16.1 Å². The third kappa shape index (κ3) is 5.63. The van der Waals surface area contributed by atoms with Gasteiger partial charge in [0.25, 0.3) is 0 Å². The molecule has 4 atom stereocenters. The van der Waals surface area contributed by atoms with E-state index in [-0.39, 0.29) is 23.1 Å². The van der Waals surface area contributed by atoms with Gasteiger partial charge >= 0.3 is 0 Å². The van der Waals surface area contributed by atoms with E-state index in [0.29, 0.717) is 25.9 Å². The number of nitrogens with one attached hydrogen (secondary N) is 2. The van der Waals surface area contributed by atoms with E-state index in [1.165, 1.54) is 0 Å². The van der Waals surface area contributed by atoms with Crippen molar-refractivity contribution in [2.75, 3.05) is 6.54 Å². The molecule has 1 saturated carbocycles. The van der Waals surface area contributed by atoms with Crippen LogP contribution in [0.3, 0.4) is 0 Å². The summed E-state index contributed by atoms with van der Waals surface area (Å²) in [4.78, 5) is 31.8. The van der Waals surface area contributed by atoms with Crippen LogP contribution in [0, 0.1) is 24.2 Å². The number of aromatic nitrogens is 1. The number of likely N-dealkylation sites (N-methyl/N-ethyl adjacent to an activating group) is 1. The molecule has 1 aromatic carbocycles. The first-order chi connectivity index (χ1) is 15.1. The molecule has 1 aliphatic rings. The summed E-state index contributed by atoms with van der Waals surface area (Å²) >= 11 is 1.61. The molecule has 0 radical (unpaired) electrons. The average Bonchev–Trinajstić information content (AvgIpc) is 3.35. The van der Waals surface area contributed by atoms with E-state index in [0.717, 1.165) is 21.7 Å². The monoisotopic (exact) mass is 457 g/mol. The van der Waals surface area contributed by atoms with Crippen LogP contribution in [0.4, 0.5) is 0 Å². The molecule has 1 aromatic heterocycles. The van der Waals surface area contributed by atoms with Crippen molar-refractivity contribution in [1.82, 2.24) is 15.6 Å². The Morgan fingerprint density at radius 3 is 2.41 bits per heavy atom. The molecule has 174 valence electrons. The quantitative estimate of drug-likeness (QED) is 0.562. The van der Waals surface area contributed by atoms with Gasteiger partial charge in [-0.05, 0) is 42.9 Å². The second-order valence-electron chi connectivity index (χ2n) is 9.78. The third-order valence-electron chi connectivity index (χ3n) is 6.23. The van der Waals surface area contributed by atoms with E-state index in [1.54, 1.807) is 11.3 Å². The Balaban J connectivity index is 1.65. The van der Waals surface area contributed by atoms with Crippen LogP contribution >= 0.6 is 11.3 Å². The number of ketones is 1. The van der Waals surface area contributed by atoms with Gasteiger partial charge in [0.05, 0.1) is 34.1 Å². The SMILES string of the molecule is CCN[C@H](C(=O)C1C[C@H](O)C[C@H]1C(=O)NCc1ccc(-c2scnc2C)cc1)C(C)(C)C. The standard InChI is InChI=1S/C25H35N3O3S/c1-6-26-23(25(3,4)5)21(30)19-11-18(29)12-20(19)24(31)27-13-16-7-9-17(10-8-16)22-15(2)28-14-32-22/h7-10,14,18-20,23,26,29H,6,11-13H2,1-5H3,(H,27,31)/t18-,19?,20+,23+/m0/s1. The predicted octanol–water partition coefficient (Wildman–Crippen LogP) is 3.72. The Hall–Kier alpha value is -2.09. The fraction of sp³-hybridized carbons (Fsp3) is 0.560. The first kappa shape index (κ1) is 24.6. The van der Waals surface area contributed by atoms with Crippen LogP contribution in [0.25, 0.3) is 10.4 Å². The lowest BCUT2D eigenvalue weighted by molar-refractivity contribution is -0.135. The number of hydrogen-bond donors (Lipinski definition) is 3. The summed E-state index contributed by atoms with van der Waals surface area (Å²) in [6, 6.07) is 7.74. The molecule has 1 fully saturated rings. The molecule has 0 saturated heterocycles. The smallest absolute Gasteiger partial charge is 0.224 e. The molecule has 3 N–H and O–H groups in total. The lowest BCUT2D eigenvalue weighted by Gasteiger charge is -2.33. The Labute approximate surface area is 194 Å². The summed E-state index contributed by atoms with van der Waals surface area (Å²) in [5.41, 5.74) is 4.69. The molecule has 1 unspecified atom stereocenters. The van der Waals surface area contributed by atoms with Crippen molar-refractivity contribution < 1.29 is 14.7 Å². The minimum Gasteiger partial charge on any atom is -0.393 e. The van der Waals surface area contributed by atoms with E-state index in [9.17, 15) is 14.7 Å². The molecule has 0 spiro atoms. The van der Waals surface area contributed by atoms with Crippen molar-refractivity contribution in [3.05, 3.63) is 41.0 Å². The van der Waals surface area contributed by atoms with Gasteiger partial charge in [0.15, 0.2) is 5.78 Å². The van der Waals surface area contributed by atoms with E-state index < -0.39 is 17.9 Å². The van der Waals surface area contributed by atoms with E-state index in [1.807, 2.05) is 64.4 Å². The van der Waals surface area contributed by atoms with Gasteiger partial charge in [-0.1, -0.05) is 52.0 Å². The number of aliphatic hydroxyl groups is 1. The highest BCUT2D eigenvalue weighted by atomic mass is 32.1. The second kappa shape index (κ2) is 10.2. The maximum atomic E-state index is 13.3. The largest absolute Gasteiger partial charge is 0.393 e. The van der Waals surface area contributed by atoms with Crippen LogP contribution in [0.5, 0.6) is 0 Å². The lowest BCUT2D eigenvalue weighted by Crippen LogP contribution is -2.50. The van der Waals surface area contributed by atoms with Gasteiger partial charge in [-0.15, -0.1) is 11.3 Å². The third-order valence-corrected chi connectivity index (χ3v) is 7.20. The van der Waals surface area contributed by atoms with Gasteiger partial charge in [0.1, 0.15) is 0 Å². The number of hydrogen-bond acceptors (Lipinski definition) is 6. The zero-order chi connectivity index (χ0) is 23.5. The molecule has 0 bridgehead atoms. The number of aryl methyl sites for hydroxylation is 1. The summed E-state index contributed by atoms with van der Waals surface area (Å²) in [5, 5.41) is 16.5. The molecule has 7 heteroatoms. The van der Waals surface area contributed by atoms with Crippen LogP contribution in [0.15, 0.2) is 29.8 Å². The summed E-state index contributed by atoms with van der Waals surface area (Å²) in [6.45, 7) is 11.1. The highest BCUT2D eigenvalue weighted by molar-refractivity contribution is 7.13. The highest BCUT2D eigenvalue weighted by Crippen LogP contribution is 2.36. The maximum absolute atomic E-state index is 13.3. The van der Waals surface area contributed by atoms with Gasteiger partial charge in [0, 0.05) is 12.5 Å². The highest BCUT2D eigenvalue weighted by Gasteiger charge is 2.46. The van der Waals surface area contributed by atoms with E-state index >= 15 is 0 Å². The molecule has 1 heterocycles. The van der Waals surface area contributed by atoms with Crippen LogP contribution < -0.4 is 10.6 Å². The number of amides is 1. The topological polar surface area (TPSA) is 91.3 Å². The molecular weight excluding hydrogens is 422 g/mol. The van der Waals surface area contributed by atoms with Gasteiger partial charge < -0.3 is 15.7 Å². The second-order valence-corrected chi connectivity index (χ2v) is 10.6. The van der Waals surface area contributed by atoms with Gasteiger partial charge in [-0.3, -0.25) is 9.59 Å². The molecule has 32 heavy (non-hydrogen) atoms. The molecule has 0 aliphatic heterocycles. The number of nitrogens with zero attached hydrogens (tertiary/aromatic N) is 1. The van der Waals surface area contributed by atoms with Crippen molar-refractivity contribution in [3.8, 4) is 10.4 Å². The van der Waals surface area contributed by atoms with Crippen molar-refractivity contribution in [2.45, 2.75) is 66.2 Å². The van der Waals surface area contributed by atoms with Gasteiger partial charge in [-0.2, -0.15) is 0 Å². The number of rotatable bonds is 8. The molecule has 1 aliphatic carbocycles. The molecule has 2 aromatic rings. The first-order valence-corrected chi connectivity index (χ1v) is 12.2. The minimum absolute atomic E-state index is 0.0281. The molecule has 6 nitrogen and oxygen atoms in total. The number of carbonyl (C=O) groups is 2. The minimum atomic E-state index is -0.621. The van der Waals surface area contributed by atoms with Gasteiger partial charge in [0.2, 0.25) is 5.91 Å². The maximum Gasteiger partial charge on any atom is 0.224 e. The number of aliphatic hydroxyl groups excluding tert-OH is 1. The van der Waals surface area contributed by atoms with Crippen LogP contribution in [-0.4, -0.2) is 40.5 Å². The summed E-state index contributed by atoms with van der Waals surface area (Å²) < 4.78 is 0. The number of thiazole rings is 1. The fourth-order valence-electron chi connectivity index (χ4n) is 4.54. The first-order valence-electron chi connectivity index (χ1n) is 11.3. The van der Waals surface area contributed by atoms with Crippen molar-refractivity contribution in [3.63, 3.8) is 0 Å². The summed E-state index contributed by atoms with van der Waals surface area (Å²) in [5.74, 6) is -1.10. The Morgan fingerprint density at radius 1 is 1.19 bits per heavy atom. The van der Waals surface area contributed by atoms with Crippen molar-refractivity contribution >= 4 is 23.0 Å². The molecular formula is C25H35N3O3S. The van der Waals surface area contributed by atoms with E-state index in [2.05, 4.69) is 15.6 Å². The fourth-order valence-corrected chi connectivity index (χ4v) is 5.35. The molecule has 1 amide bonds. The van der Waals surface area contributed by atoms with Gasteiger partial charge in [-0.25, -0.2) is 4.98 Å². The lowest BCUT2D eigenvalue weighted by atomic mass is 9.77. The van der Waals surface area contributed by atoms with E-state index in [4.69, 9.17) is 0 Å². The summed E-state index contributed by atoms with van der Waals surface area (Å²) in [7, 11) is 0. The Bertz CT molecular complexity index is 933. The predicted molar refractivity (Wildman–Crippen MR) is 128 cm³/mol. The Morgan fingerprint density at radius 2 is 1.84 bits per heavy atom. The Kier molecular flexibility index (Phi) is 7.85. The van der Waals surface area contributed by atoms with Crippen molar-refractivity contribution in [2.24, 2.45) is 17.3 Å². The molecule has 3 rings (SSSR count). The average molecular weight is 458 g/mol. The zero-order valence-electron chi connectivity index (χ0n) is 19.6. The number of benzene rings is 1. The van der Waals surface area contributed by atoms with Crippen LogP contribution in [0.2, 0.25) is 0 Å². The van der Waals surface area contributed by atoms with Crippen LogP contribution in [0.1, 0.15) is 51.8 Å². The normalized spacial score (nSPS) is 22.0. The number of carbonyl (C=O) groups excluding carboxylic acids is 2. The number of Topliss-reactive ketones (excluding diaryl/α,β-unsaturated/α-hetero) is 1. The summed E-state index contributed by atoms with van der Waals surface area (Å²) in [6.07, 6.45) is 0.0518.